The largest absolute Gasteiger partial charge is 0.375 e. The fourth-order valence-electron chi connectivity index (χ4n) is 0.440. The first-order valence-electron chi connectivity index (χ1n) is 3.35. The van der Waals surface area contributed by atoms with Crippen LogP contribution in [0.5, 0.6) is 0 Å². The second-order valence-corrected chi connectivity index (χ2v) is 7.08. The Balaban J connectivity index is 4.17. The Morgan fingerprint density at radius 3 is 2.14 bits per heavy atom. The molecule has 0 bridgehead atoms. The number of rotatable bonds is 5. The van der Waals surface area contributed by atoms with Gasteiger partial charge in [0.1, 0.15) is 9.84 Å². The zero-order valence-corrected chi connectivity index (χ0v) is 9.80. The van der Waals surface area contributed by atoms with Crippen molar-refractivity contribution in [3.8, 4) is 0 Å². The summed E-state index contributed by atoms with van der Waals surface area (Å²) in [6, 6.07) is 0. The van der Waals surface area contributed by atoms with Gasteiger partial charge < -0.3 is 5.73 Å². The van der Waals surface area contributed by atoms with Crippen molar-refractivity contribution in [3.63, 3.8) is 0 Å². The summed E-state index contributed by atoms with van der Waals surface area (Å²) in [6.45, 7) is 0. The van der Waals surface area contributed by atoms with Gasteiger partial charge in [0.15, 0.2) is 5.11 Å². The molecule has 0 aliphatic heterocycles. The van der Waals surface area contributed by atoms with Crippen molar-refractivity contribution in [2.45, 2.75) is 0 Å². The predicted molar refractivity (Wildman–Crippen MR) is 56.6 cm³/mol. The van der Waals surface area contributed by atoms with Crippen molar-refractivity contribution in [2.75, 3.05) is 17.8 Å². The van der Waals surface area contributed by atoms with Crippen LogP contribution in [0.2, 0.25) is 0 Å². The van der Waals surface area contributed by atoms with E-state index < -0.39 is 31.4 Å². The number of hydrogen-bond donors (Lipinski definition) is 3. The smallest absolute Gasteiger partial charge is 0.229 e. The minimum Gasteiger partial charge on any atom is -0.375 e. The Morgan fingerprint density at radius 2 is 1.79 bits per heavy atom. The number of hydrogen-bond acceptors (Lipinski definition) is 5. The van der Waals surface area contributed by atoms with Crippen LogP contribution in [-0.2, 0) is 19.9 Å². The van der Waals surface area contributed by atoms with Crippen molar-refractivity contribution < 1.29 is 16.8 Å². The van der Waals surface area contributed by atoms with Crippen LogP contribution in [0.1, 0.15) is 0 Å². The third-order valence-corrected chi connectivity index (χ3v) is 3.51. The number of sulfonamides is 1. The molecule has 0 aromatic rings. The highest BCUT2D eigenvalue weighted by Crippen LogP contribution is 1.88. The Bertz CT molecular complexity index is 398. The average Bonchev–Trinajstić information content (AvgIpc) is 1.97. The van der Waals surface area contributed by atoms with Gasteiger partial charge in [0, 0.05) is 6.26 Å². The first-order valence-corrected chi connectivity index (χ1v) is 7.47. The van der Waals surface area contributed by atoms with Crippen molar-refractivity contribution in [1.82, 2.24) is 10.3 Å². The molecule has 0 aromatic carbocycles. The van der Waals surface area contributed by atoms with Crippen LogP contribution in [0.3, 0.4) is 0 Å². The highest BCUT2D eigenvalue weighted by atomic mass is 32.2. The van der Waals surface area contributed by atoms with Crippen LogP contribution in [0, 0.1) is 0 Å². The molecule has 10 heteroatoms. The van der Waals surface area contributed by atoms with Gasteiger partial charge in [0.2, 0.25) is 10.0 Å². The second-order valence-electron chi connectivity index (χ2n) is 2.54. The number of nitrogens with one attached hydrogen (secondary N) is 2. The Morgan fingerprint density at radius 1 is 1.29 bits per heavy atom. The summed E-state index contributed by atoms with van der Waals surface area (Å²) in [5, 5.41) is -0.243. The van der Waals surface area contributed by atoms with E-state index in [2.05, 4.69) is 12.2 Å². The molecule has 0 fully saturated rings. The molecule has 84 valence electrons. The first kappa shape index (κ1) is 13.5. The molecular formula is C4H11N3O4S3. The molecule has 7 nitrogen and oxygen atoms in total. The summed E-state index contributed by atoms with van der Waals surface area (Å²) in [7, 11) is -7.02. The fourth-order valence-corrected chi connectivity index (χ4v) is 3.01. The summed E-state index contributed by atoms with van der Waals surface area (Å²) in [4.78, 5) is 1.82. The van der Waals surface area contributed by atoms with Gasteiger partial charge in [-0.2, -0.15) is 0 Å². The van der Waals surface area contributed by atoms with E-state index in [0.29, 0.717) is 0 Å². The molecule has 0 aliphatic rings. The lowest BCUT2D eigenvalue weighted by Gasteiger charge is -2.06. The molecule has 4 N–H and O–H groups in total. The first-order chi connectivity index (χ1) is 6.12. The lowest BCUT2D eigenvalue weighted by molar-refractivity contribution is 0.575. The van der Waals surface area contributed by atoms with E-state index in [1.54, 1.807) is 0 Å². The van der Waals surface area contributed by atoms with Gasteiger partial charge in [-0.25, -0.2) is 16.8 Å². The summed E-state index contributed by atoms with van der Waals surface area (Å²) >= 11 is 4.34. The topological polar surface area (TPSA) is 118 Å². The summed E-state index contributed by atoms with van der Waals surface area (Å²) in [6.07, 6.45) is 0.948. The highest BCUT2D eigenvalue weighted by Gasteiger charge is 2.13. The van der Waals surface area contributed by atoms with Gasteiger partial charge in [0.25, 0.3) is 0 Å². The van der Waals surface area contributed by atoms with E-state index >= 15 is 0 Å². The minimum absolute atomic E-state index is 0.243. The molecule has 0 unspecified atom stereocenters. The summed E-state index contributed by atoms with van der Waals surface area (Å²) in [5.74, 6) is -0.997. The lowest BCUT2D eigenvalue weighted by Crippen LogP contribution is -2.45. The minimum atomic E-state index is -3.72. The highest BCUT2D eigenvalue weighted by molar-refractivity contribution is 7.93. The van der Waals surface area contributed by atoms with E-state index in [4.69, 9.17) is 5.73 Å². The monoisotopic (exact) mass is 261 g/mol. The number of hydrazine groups is 1. The van der Waals surface area contributed by atoms with E-state index in [-0.39, 0.29) is 5.11 Å². The van der Waals surface area contributed by atoms with Crippen molar-refractivity contribution >= 4 is 37.2 Å². The standard InChI is InChI=1S/C4H11N3O4S3/c1-13(8,9)2-3-14(10,11)7-6-4(5)12/h7H,2-3H2,1H3,(H3,5,6,12). The van der Waals surface area contributed by atoms with Crippen LogP contribution >= 0.6 is 12.2 Å². The van der Waals surface area contributed by atoms with Crippen LogP contribution in [0.4, 0.5) is 0 Å². The van der Waals surface area contributed by atoms with Gasteiger partial charge >= 0.3 is 0 Å². The van der Waals surface area contributed by atoms with Gasteiger partial charge in [-0.15, -0.1) is 4.83 Å². The number of thiocarbonyl (C=S) groups is 1. The third kappa shape index (κ3) is 8.16. The van der Waals surface area contributed by atoms with E-state index in [1.807, 2.05) is 10.3 Å². The molecule has 0 saturated carbocycles. The van der Waals surface area contributed by atoms with Crippen molar-refractivity contribution in [2.24, 2.45) is 5.73 Å². The average molecular weight is 261 g/mol. The van der Waals surface area contributed by atoms with Gasteiger partial charge in [-0.3, -0.25) is 5.43 Å². The molecule has 0 amide bonds. The van der Waals surface area contributed by atoms with E-state index in [0.717, 1.165) is 6.26 Å². The Kier molecular flexibility index (Phi) is 4.71. The molecule has 14 heavy (non-hydrogen) atoms. The van der Waals surface area contributed by atoms with Crippen LogP contribution in [-0.4, -0.2) is 39.7 Å². The van der Waals surface area contributed by atoms with Crippen molar-refractivity contribution in [1.29, 1.82) is 0 Å². The molecule has 0 aromatic heterocycles. The maximum atomic E-state index is 11.0. The molecule has 0 spiro atoms. The summed E-state index contributed by atoms with van der Waals surface area (Å²) in [5.41, 5.74) is 6.96. The predicted octanol–water partition coefficient (Wildman–Crippen LogP) is -2.30. The van der Waals surface area contributed by atoms with E-state index in [9.17, 15) is 16.8 Å². The molecular weight excluding hydrogens is 250 g/mol. The second kappa shape index (κ2) is 4.87. The number of sulfone groups is 1. The maximum absolute atomic E-state index is 11.0. The zero-order chi connectivity index (χ0) is 11.4. The van der Waals surface area contributed by atoms with E-state index in [1.165, 1.54) is 0 Å². The lowest BCUT2D eigenvalue weighted by atomic mass is 11.0. The van der Waals surface area contributed by atoms with Gasteiger partial charge in [0.05, 0.1) is 11.5 Å². The molecule has 0 rings (SSSR count). The third-order valence-electron chi connectivity index (χ3n) is 1.05. The maximum Gasteiger partial charge on any atom is 0.229 e. The number of nitrogens with two attached hydrogens (primary N) is 1. The zero-order valence-electron chi connectivity index (χ0n) is 7.35. The summed E-state index contributed by atoms with van der Waals surface area (Å²) < 4.78 is 43.4. The van der Waals surface area contributed by atoms with Gasteiger partial charge in [-0.05, 0) is 12.2 Å². The van der Waals surface area contributed by atoms with Gasteiger partial charge in [-0.1, -0.05) is 0 Å². The SMILES string of the molecule is CS(=O)(=O)CCS(=O)(=O)NNC(N)=S. The molecule has 0 saturated heterocycles. The molecule has 0 aliphatic carbocycles. The quantitative estimate of drug-likeness (QED) is 0.376. The fraction of sp³-hybridized carbons (Fsp3) is 0.750. The van der Waals surface area contributed by atoms with Crippen molar-refractivity contribution in [3.05, 3.63) is 0 Å². The van der Waals surface area contributed by atoms with Crippen LogP contribution in [0.15, 0.2) is 0 Å². The van der Waals surface area contributed by atoms with Crippen LogP contribution < -0.4 is 16.0 Å². The Hall–Kier alpha value is -0.450. The molecule has 0 atom stereocenters. The Labute approximate surface area is 88.0 Å². The molecule has 0 radical (unpaired) electrons. The molecule has 0 heterocycles. The van der Waals surface area contributed by atoms with Crippen LogP contribution in [0.25, 0.3) is 0 Å². The normalized spacial score (nSPS) is 12.4.